The van der Waals surface area contributed by atoms with Crippen LogP contribution < -0.4 is 10.4 Å². The summed E-state index contributed by atoms with van der Waals surface area (Å²) in [5, 5.41) is 10.9. The number of rotatable bonds is 0. The molecule has 0 saturated carbocycles. The zero-order valence-electron chi connectivity index (χ0n) is 7.51. The Bertz CT molecular complexity index is 557. The van der Waals surface area contributed by atoms with Gasteiger partial charge in [-0.2, -0.15) is 5.26 Å². The minimum Gasteiger partial charge on any atom is -0.265 e. The summed E-state index contributed by atoms with van der Waals surface area (Å²) in [6.45, 7) is 0. The van der Waals surface area contributed by atoms with E-state index in [1.54, 1.807) is 12.4 Å². The molecule has 66 valence electrons. The van der Waals surface area contributed by atoms with Crippen LogP contribution in [0.25, 0.3) is 12.2 Å². The molecular weight excluding hydrogens is 172 g/mol. The molecule has 0 spiro atoms. The van der Waals surface area contributed by atoms with Crippen LogP contribution in [-0.2, 0) is 0 Å². The molecule has 0 bridgehead atoms. The minimum absolute atomic E-state index is 0.673. The van der Waals surface area contributed by atoms with Gasteiger partial charge in [-0.25, -0.2) is 0 Å². The maximum Gasteiger partial charge on any atom is 0.0991 e. The summed E-state index contributed by atoms with van der Waals surface area (Å²) < 4.78 is 0. The first-order valence-corrected chi connectivity index (χ1v) is 4.31. The second-order valence-electron chi connectivity index (χ2n) is 2.93. The van der Waals surface area contributed by atoms with Crippen LogP contribution in [0.4, 0.5) is 0 Å². The van der Waals surface area contributed by atoms with Gasteiger partial charge < -0.3 is 0 Å². The van der Waals surface area contributed by atoms with Crippen LogP contribution in [0.2, 0.25) is 0 Å². The highest BCUT2D eigenvalue weighted by Gasteiger charge is 1.90. The Labute approximate surface area is 81.8 Å². The molecule has 1 aromatic rings. The molecule has 0 unspecified atom stereocenters. The summed E-state index contributed by atoms with van der Waals surface area (Å²) in [6, 6.07) is 7.73. The van der Waals surface area contributed by atoms with Gasteiger partial charge in [-0.05, 0) is 34.7 Å². The van der Waals surface area contributed by atoms with Crippen molar-refractivity contribution in [2.24, 2.45) is 4.99 Å². The second-order valence-corrected chi connectivity index (χ2v) is 2.93. The molecule has 0 saturated heterocycles. The predicted octanol–water partition coefficient (Wildman–Crippen LogP) is 0.717. The summed E-state index contributed by atoms with van der Waals surface area (Å²) in [6.07, 6.45) is 9.22. The van der Waals surface area contributed by atoms with Crippen molar-refractivity contribution in [1.82, 2.24) is 0 Å². The standard InChI is InChI=1S/C12H8N2/c13-9-10-3-4-11-2-1-6-14-7-5-12(11)8-10/h1-8H. The maximum atomic E-state index is 8.74. The number of hydrogen-bond acceptors (Lipinski definition) is 2. The van der Waals surface area contributed by atoms with Crippen molar-refractivity contribution < 1.29 is 0 Å². The summed E-state index contributed by atoms with van der Waals surface area (Å²) in [5.41, 5.74) is 0.673. The zero-order chi connectivity index (χ0) is 9.80. The topological polar surface area (TPSA) is 36.1 Å². The number of benzene rings is 1. The number of hydrogen-bond donors (Lipinski definition) is 0. The van der Waals surface area contributed by atoms with Gasteiger partial charge in [0.15, 0.2) is 0 Å². The van der Waals surface area contributed by atoms with E-state index in [1.807, 2.05) is 36.4 Å². The van der Waals surface area contributed by atoms with Crippen LogP contribution in [-0.4, -0.2) is 6.21 Å². The number of fused-ring (bicyclic) bond motifs is 1. The van der Waals surface area contributed by atoms with E-state index >= 15 is 0 Å². The van der Waals surface area contributed by atoms with Gasteiger partial charge in [-0.3, -0.25) is 4.99 Å². The average Bonchev–Trinajstić information content (AvgIpc) is 2.18. The molecule has 0 fully saturated rings. The van der Waals surface area contributed by atoms with Crippen molar-refractivity contribution in [2.75, 3.05) is 0 Å². The van der Waals surface area contributed by atoms with Gasteiger partial charge in [-0.15, -0.1) is 0 Å². The Hall–Kier alpha value is -2.14. The Morgan fingerprint density at radius 2 is 2.07 bits per heavy atom. The normalized spacial score (nSPS) is 12.8. The minimum atomic E-state index is 0.673. The van der Waals surface area contributed by atoms with Gasteiger partial charge in [0.1, 0.15) is 0 Å². The van der Waals surface area contributed by atoms with Crippen molar-refractivity contribution in [3.8, 4) is 6.07 Å². The quantitative estimate of drug-likeness (QED) is 0.579. The van der Waals surface area contributed by atoms with Gasteiger partial charge >= 0.3 is 0 Å². The fourth-order valence-corrected chi connectivity index (χ4v) is 1.31. The first kappa shape index (κ1) is 8.46. The molecule has 2 heteroatoms. The molecule has 1 aromatic carbocycles. The van der Waals surface area contributed by atoms with Crippen LogP contribution in [0.1, 0.15) is 5.56 Å². The number of aliphatic imine (C=N–C) groups is 1. The van der Waals surface area contributed by atoms with Crippen LogP contribution in [0.5, 0.6) is 0 Å². The Morgan fingerprint density at radius 1 is 1.14 bits per heavy atom. The molecule has 2 nitrogen and oxygen atoms in total. The van der Waals surface area contributed by atoms with Gasteiger partial charge in [0, 0.05) is 12.4 Å². The lowest BCUT2D eigenvalue weighted by Crippen LogP contribution is -2.24. The Morgan fingerprint density at radius 3 is 2.93 bits per heavy atom. The van der Waals surface area contributed by atoms with Crippen molar-refractivity contribution in [3.05, 3.63) is 46.5 Å². The van der Waals surface area contributed by atoms with E-state index in [9.17, 15) is 0 Å². The highest BCUT2D eigenvalue weighted by molar-refractivity contribution is 5.91. The summed E-state index contributed by atoms with van der Waals surface area (Å²) in [7, 11) is 0. The molecule has 1 heterocycles. The SMILES string of the molecule is N#Cc1ccc2c(c1)=CC=NC=CC=2. The number of nitrogens with zero attached hydrogens (tertiary/aromatic N) is 2. The summed E-state index contributed by atoms with van der Waals surface area (Å²) >= 11 is 0. The van der Waals surface area contributed by atoms with Crippen molar-refractivity contribution in [3.63, 3.8) is 0 Å². The van der Waals surface area contributed by atoms with Crippen LogP contribution in [0, 0.1) is 11.3 Å². The second kappa shape index (κ2) is 3.71. The Balaban J connectivity index is 2.77. The van der Waals surface area contributed by atoms with Gasteiger partial charge in [0.2, 0.25) is 0 Å². The molecule has 1 aliphatic rings. The van der Waals surface area contributed by atoms with Crippen LogP contribution in [0.15, 0.2) is 35.5 Å². The average molecular weight is 180 g/mol. The lowest BCUT2D eigenvalue weighted by Gasteiger charge is -1.92. The molecule has 1 aliphatic heterocycles. The van der Waals surface area contributed by atoms with Gasteiger partial charge in [-0.1, -0.05) is 12.1 Å². The lowest BCUT2D eigenvalue weighted by atomic mass is 10.1. The van der Waals surface area contributed by atoms with E-state index in [-0.39, 0.29) is 0 Å². The summed E-state index contributed by atoms with van der Waals surface area (Å²) in [4.78, 5) is 4.01. The third-order valence-corrected chi connectivity index (χ3v) is 2.00. The highest BCUT2D eigenvalue weighted by atomic mass is 14.6. The van der Waals surface area contributed by atoms with E-state index in [0.29, 0.717) is 5.56 Å². The molecule has 0 aliphatic carbocycles. The molecule has 2 rings (SSSR count). The largest absolute Gasteiger partial charge is 0.265 e. The van der Waals surface area contributed by atoms with E-state index in [1.165, 1.54) is 0 Å². The molecular formula is C12H8N2. The zero-order valence-corrected chi connectivity index (χ0v) is 7.51. The number of allylic oxidation sites excluding steroid dienone is 1. The van der Waals surface area contributed by atoms with E-state index in [4.69, 9.17) is 5.26 Å². The van der Waals surface area contributed by atoms with Crippen molar-refractivity contribution >= 4 is 18.4 Å². The van der Waals surface area contributed by atoms with Gasteiger partial charge in [0.25, 0.3) is 0 Å². The Kier molecular flexibility index (Phi) is 2.24. The third-order valence-electron chi connectivity index (χ3n) is 2.00. The molecule has 0 atom stereocenters. The molecule has 0 aromatic heterocycles. The van der Waals surface area contributed by atoms with Gasteiger partial charge in [0.05, 0.1) is 11.6 Å². The van der Waals surface area contributed by atoms with E-state index < -0.39 is 0 Å². The van der Waals surface area contributed by atoms with Crippen molar-refractivity contribution in [2.45, 2.75) is 0 Å². The number of nitriles is 1. The van der Waals surface area contributed by atoms with Crippen molar-refractivity contribution in [1.29, 1.82) is 5.26 Å². The molecule has 0 amide bonds. The smallest absolute Gasteiger partial charge is 0.0991 e. The van der Waals surface area contributed by atoms with E-state index in [2.05, 4.69) is 11.1 Å². The highest BCUT2D eigenvalue weighted by Crippen LogP contribution is 1.88. The fourth-order valence-electron chi connectivity index (χ4n) is 1.31. The summed E-state index contributed by atoms with van der Waals surface area (Å²) in [5.74, 6) is 0. The van der Waals surface area contributed by atoms with E-state index in [0.717, 1.165) is 10.4 Å². The first-order valence-electron chi connectivity index (χ1n) is 4.31. The third kappa shape index (κ3) is 1.62. The van der Waals surface area contributed by atoms with Crippen LogP contribution in [0.3, 0.4) is 0 Å². The predicted molar refractivity (Wildman–Crippen MR) is 57.0 cm³/mol. The maximum absolute atomic E-state index is 8.74. The van der Waals surface area contributed by atoms with Crippen LogP contribution >= 0.6 is 0 Å². The lowest BCUT2D eigenvalue weighted by molar-refractivity contribution is 1.44. The molecule has 0 radical (unpaired) electrons. The monoisotopic (exact) mass is 180 g/mol. The first-order chi connectivity index (χ1) is 6.90. The fraction of sp³-hybridized carbons (Fsp3) is 0. The molecule has 14 heavy (non-hydrogen) atoms. The molecule has 0 N–H and O–H groups in total.